The fourth-order valence-corrected chi connectivity index (χ4v) is 5.45. The molecular weight excluding hydrogens is 428 g/mol. The summed E-state index contributed by atoms with van der Waals surface area (Å²) < 4.78 is 5.42. The van der Waals surface area contributed by atoms with Gasteiger partial charge in [0.05, 0.1) is 25.4 Å². The number of aryl methyl sites for hydroxylation is 1. The van der Waals surface area contributed by atoms with Crippen LogP contribution in [-0.4, -0.2) is 54.5 Å². The second kappa shape index (κ2) is 9.12. The number of hydrogen-bond donors (Lipinski definition) is 1. The predicted molar refractivity (Wildman–Crippen MR) is 133 cm³/mol. The molecule has 3 amide bonds. The summed E-state index contributed by atoms with van der Waals surface area (Å²) in [4.78, 5) is 35.5. The fourth-order valence-electron chi connectivity index (χ4n) is 5.45. The van der Waals surface area contributed by atoms with Gasteiger partial charge in [-0.15, -0.1) is 0 Å². The van der Waals surface area contributed by atoms with Crippen molar-refractivity contribution in [2.75, 3.05) is 25.1 Å². The van der Waals surface area contributed by atoms with E-state index in [-0.39, 0.29) is 18.0 Å². The number of rotatable bonds is 4. The molecule has 1 saturated carbocycles. The molecule has 1 atom stereocenters. The molecule has 1 N–H and O–H groups in total. The van der Waals surface area contributed by atoms with Crippen LogP contribution in [0.15, 0.2) is 53.5 Å². The minimum atomic E-state index is -0.707. The van der Waals surface area contributed by atoms with Crippen LogP contribution in [0.3, 0.4) is 0 Å². The Labute approximate surface area is 200 Å². The van der Waals surface area contributed by atoms with Crippen molar-refractivity contribution in [3.63, 3.8) is 0 Å². The number of methoxy groups -OCH3 is 1. The van der Waals surface area contributed by atoms with E-state index in [9.17, 15) is 9.59 Å². The van der Waals surface area contributed by atoms with Gasteiger partial charge in [-0.3, -0.25) is 20.0 Å². The molecule has 1 unspecified atom stereocenters. The van der Waals surface area contributed by atoms with E-state index in [4.69, 9.17) is 9.73 Å². The Morgan fingerprint density at radius 2 is 1.88 bits per heavy atom. The van der Waals surface area contributed by atoms with Gasteiger partial charge < -0.3 is 9.64 Å². The third kappa shape index (κ3) is 4.04. The number of aliphatic imine (C=N–C) groups is 1. The molecule has 7 heteroatoms. The van der Waals surface area contributed by atoms with E-state index in [2.05, 4.69) is 5.32 Å². The van der Waals surface area contributed by atoms with Gasteiger partial charge in [0.25, 0.3) is 5.91 Å². The summed E-state index contributed by atoms with van der Waals surface area (Å²) in [6.07, 6.45) is 6.29. The van der Waals surface area contributed by atoms with Gasteiger partial charge in [0.15, 0.2) is 0 Å². The van der Waals surface area contributed by atoms with Crippen molar-refractivity contribution in [2.24, 2.45) is 4.99 Å². The third-order valence-corrected chi connectivity index (χ3v) is 7.33. The van der Waals surface area contributed by atoms with Gasteiger partial charge in [0.2, 0.25) is 0 Å². The summed E-state index contributed by atoms with van der Waals surface area (Å²) in [6.45, 7) is 2.97. The molecule has 1 aliphatic carbocycles. The smallest absolute Gasteiger partial charge is 0.328 e. The normalized spacial score (nSPS) is 24.2. The number of benzene rings is 2. The average Bonchev–Trinajstić information content (AvgIpc) is 3.41. The largest absolute Gasteiger partial charge is 0.497 e. The molecule has 2 saturated heterocycles. The first kappa shape index (κ1) is 22.4. The lowest BCUT2D eigenvalue weighted by Crippen LogP contribution is -2.53. The summed E-state index contributed by atoms with van der Waals surface area (Å²) in [7, 11) is 1.62. The number of anilines is 1. The molecule has 178 valence electrons. The number of ether oxygens (including phenoxy) is 1. The number of amidine groups is 1. The number of nitrogens with zero attached hydrogens (tertiary/aromatic N) is 3. The maximum atomic E-state index is 13.4. The number of carbonyl (C=O) groups excluding carboxylic acids is 2. The van der Waals surface area contributed by atoms with Crippen LogP contribution < -0.4 is 15.0 Å². The van der Waals surface area contributed by atoms with Gasteiger partial charge in [0.1, 0.15) is 17.1 Å². The zero-order valence-electron chi connectivity index (χ0n) is 19.9. The van der Waals surface area contributed by atoms with Crippen molar-refractivity contribution in [2.45, 2.75) is 57.0 Å². The molecule has 0 aromatic heterocycles. The molecule has 3 aliphatic rings. The maximum absolute atomic E-state index is 13.4. The summed E-state index contributed by atoms with van der Waals surface area (Å²) in [5.74, 6) is 1.37. The van der Waals surface area contributed by atoms with Crippen LogP contribution in [-0.2, 0) is 0 Å². The van der Waals surface area contributed by atoms with Crippen LogP contribution in [0.25, 0.3) is 0 Å². The van der Waals surface area contributed by atoms with Crippen LogP contribution in [0, 0.1) is 6.92 Å². The summed E-state index contributed by atoms with van der Waals surface area (Å²) in [5, 5.41) is 3.08. The number of urea groups is 1. The molecule has 34 heavy (non-hydrogen) atoms. The maximum Gasteiger partial charge on any atom is 0.328 e. The minimum absolute atomic E-state index is 0.0150. The molecule has 7 nitrogen and oxygen atoms in total. The second-order valence-electron chi connectivity index (χ2n) is 9.61. The molecule has 5 rings (SSSR count). The highest BCUT2D eigenvalue weighted by Gasteiger charge is 2.56. The zero-order chi connectivity index (χ0) is 23.7. The van der Waals surface area contributed by atoms with E-state index >= 15 is 0 Å². The van der Waals surface area contributed by atoms with E-state index < -0.39 is 5.54 Å². The number of amides is 3. The summed E-state index contributed by atoms with van der Waals surface area (Å²) in [6, 6.07) is 15.2. The lowest BCUT2D eigenvalue weighted by Gasteiger charge is -2.34. The van der Waals surface area contributed by atoms with Crippen molar-refractivity contribution >= 4 is 23.5 Å². The van der Waals surface area contributed by atoms with Crippen molar-refractivity contribution in [1.82, 2.24) is 10.2 Å². The Bertz CT molecular complexity index is 1110. The number of likely N-dealkylation sites (tertiary alicyclic amines) is 1. The zero-order valence-corrected chi connectivity index (χ0v) is 19.9. The molecule has 2 aromatic carbocycles. The first-order valence-electron chi connectivity index (χ1n) is 12.2. The molecule has 2 heterocycles. The highest BCUT2D eigenvalue weighted by atomic mass is 16.5. The van der Waals surface area contributed by atoms with Gasteiger partial charge >= 0.3 is 6.03 Å². The average molecular weight is 461 g/mol. The molecular formula is C27H32N4O3. The monoisotopic (exact) mass is 460 g/mol. The SMILES string of the molecule is COc1cccc(N2C(=O)NC(=NC3CCCCC3)C23CCN(C(=O)c2ccc(C)cc2)C3)c1. The van der Waals surface area contributed by atoms with Crippen LogP contribution in [0.5, 0.6) is 5.75 Å². The van der Waals surface area contributed by atoms with Gasteiger partial charge in [-0.05, 0) is 50.5 Å². The molecule has 2 aliphatic heterocycles. The van der Waals surface area contributed by atoms with Gasteiger partial charge in [-0.2, -0.15) is 0 Å². The van der Waals surface area contributed by atoms with Crippen molar-refractivity contribution in [3.8, 4) is 5.75 Å². The van der Waals surface area contributed by atoms with Crippen molar-refractivity contribution in [1.29, 1.82) is 0 Å². The Balaban J connectivity index is 1.52. The van der Waals surface area contributed by atoms with Crippen molar-refractivity contribution < 1.29 is 14.3 Å². The van der Waals surface area contributed by atoms with Crippen LogP contribution >= 0.6 is 0 Å². The standard InChI is InChI=1S/C27H32N4O3/c1-19-11-13-20(14-12-19)24(32)30-16-15-27(18-30)25(28-21-7-4-3-5-8-21)29-26(33)31(27)22-9-6-10-23(17-22)34-2/h6,9-14,17,21H,3-5,7-8,15-16,18H2,1-2H3,(H,28,29,33). The Kier molecular flexibility index (Phi) is 6.02. The van der Waals surface area contributed by atoms with Crippen LogP contribution in [0.2, 0.25) is 0 Å². The van der Waals surface area contributed by atoms with E-state index in [1.54, 1.807) is 12.0 Å². The fraction of sp³-hybridized carbons (Fsp3) is 0.444. The quantitative estimate of drug-likeness (QED) is 0.727. The highest BCUT2D eigenvalue weighted by Crippen LogP contribution is 2.39. The first-order valence-corrected chi connectivity index (χ1v) is 12.2. The van der Waals surface area contributed by atoms with Gasteiger partial charge in [-0.1, -0.05) is 43.0 Å². The molecule has 2 aromatic rings. The van der Waals surface area contributed by atoms with E-state index in [0.717, 1.165) is 24.1 Å². The summed E-state index contributed by atoms with van der Waals surface area (Å²) in [5.41, 5.74) is 1.82. The van der Waals surface area contributed by atoms with Crippen molar-refractivity contribution in [3.05, 3.63) is 59.7 Å². The Morgan fingerprint density at radius 3 is 2.62 bits per heavy atom. The van der Waals surface area contributed by atoms with E-state index in [0.29, 0.717) is 36.7 Å². The lowest BCUT2D eigenvalue weighted by molar-refractivity contribution is 0.0788. The number of nitrogens with one attached hydrogen (secondary N) is 1. The number of carbonyl (C=O) groups is 2. The Hall–Kier alpha value is -3.35. The van der Waals surface area contributed by atoms with Gasteiger partial charge in [-0.25, -0.2) is 4.79 Å². The lowest BCUT2D eigenvalue weighted by atomic mass is 9.93. The van der Waals surface area contributed by atoms with E-state index in [1.165, 1.54) is 19.3 Å². The van der Waals surface area contributed by atoms with Crippen LogP contribution in [0.1, 0.15) is 54.4 Å². The molecule has 0 radical (unpaired) electrons. The van der Waals surface area contributed by atoms with Gasteiger partial charge in [0, 0.05) is 18.2 Å². The molecule has 0 bridgehead atoms. The molecule has 1 spiro atoms. The second-order valence-corrected chi connectivity index (χ2v) is 9.61. The molecule has 3 fully saturated rings. The van der Waals surface area contributed by atoms with Crippen LogP contribution in [0.4, 0.5) is 10.5 Å². The predicted octanol–water partition coefficient (Wildman–Crippen LogP) is 4.55. The third-order valence-electron chi connectivity index (χ3n) is 7.33. The Morgan fingerprint density at radius 1 is 1.12 bits per heavy atom. The summed E-state index contributed by atoms with van der Waals surface area (Å²) >= 11 is 0. The first-order chi connectivity index (χ1) is 16.5. The minimum Gasteiger partial charge on any atom is -0.497 e. The van der Waals surface area contributed by atoms with E-state index in [1.807, 2.05) is 60.4 Å². The highest BCUT2D eigenvalue weighted by molar-refractivity contribution is 6.19. The number of hydrogen-bond acceptors (Lipinski definition) is 4. The topological polar surface area (TPSA) is 74.2 Å².